The third-order valence-corrected chi connectivity index (χ3v) is 5.63. The van der Waals surface area contributed by atoms with Crippen molar-refractivity contribution >= 4 is 15.9 Å². The molecule has 2 saturated carbocycles. The fourth-order valence-electron chi connectivity index (χ4n) is 4.01. The highest BCUT2D eigenvalue weighted by atomic mass is 79.9. The standard InChI is InChI=1S/C15H21BrN2/c16-14-4-2-1-3-13(14)15(18-17)9-12-8-10-5-6-11(12)7-10/h1-4,10-12,15,18H,5-9,17H2. The summed E-state index contributed by atoms with van der Waals surface area (Å²) in [6, 6.07) is 8.69. The summed E-state index contributed by atoms with van der Waals surface area (Å²) in [6.07, 6.45) is 6.99. The van der Waals surface area contributed by atoms with E-state index in [2.05, 4.69) is 45.6 Å². The number of nitrogens with one attached hydrogen (secondary N) is 1. The predicted molar refractivity (Wildman–Crippen MR) is 77.8 cm³/mol. The smallest absolute Gasteiger partial charge is 0.0473 e. The second kappa shape index (κ2) is 5.32. The molecular formula is C15H21BrN2. The van der Waals surface area contributed by atoms with Gasteiger partial charge in [-0.3, -0.25) is 11.3 Å². The van der Waals surface area contributed by atoms with Crippen LogP contribution >= 0.6 is 15.9 Å². The Kier molecular flexibility index (Phi) is 3.73. The predicted octanol–water partition coefficient (Wildman–Crippen LogP) is 3.78. The first-order valence-electron chi connectivity index (χ1n) is 6.98. The Morgan fingerprint density at radius 2 is 2.11 bits per heavy atom. The van der Waals surface area contributed by atoms with Gasteiger partial charge in [0, 0.05) is 10.5 Å². The summed E-state index contributed by atoms with van der Waals surface area (Å²) in [4.78, 5) is 0. The normalized spacial score (nSPS) is 31.8. The van der Waals surface area contributed by atoms with Gasteiger partial charge in [-0.2, -0.15) is 0 Å². The Hall–Kier alpha value is -0.380. The second-order valence-electron chi connectivity index (χ2n) is 5.91. The lowest BCUT2D eigenvalue weighted by molar-refractivity contribution is 0.280. The zero-order valence-corrected chi connectivity index (χ0v) is 12.2. The van der Waals surface area contributed by atoms with Gasteiger partial charge in [-0.25, -0.2) is 0 Å². The van der Waals surface area contributed by atoms with Crippen LogP contribution in [0.5, 0.6) is 0 Å². The second-order valence-corrected chi connectivity index (χ2v) is 6.77. The molecule has 1 aromatic rings. The van der Waals surface area contributed by atoms with Crippen molar-refractivity contribution in [3.05, 3.63) is 34.3 Å². The third-order valence-electron chi connectivity index (χ3n) is 4.90. The van der Waals surface area contributed by atoms with Crippen LogP contribution in [0, 0.1) is 17.8 Å². The van der Waals surface area contributed by atoms with Gasteiger partial charge in [0.15, 0.2) is 0 Å². The summed E-state index contributed by atoms with van der Waals surface area (Å²) in [6.45, 7) is 0. The number of halogens is 1. The highest BCUT2D eigenvalue weighted by Crippen LogP contribution is 2.51. The zero-order valence-electron chi connectivity index (χ0n) is 10.6. The van der Waals surface area contributed by atoms with Crippen LogP contribution in [0.2, 0.25) is 0 Å². The number of hydrogen-bond donors (Lipinski definition) is 2. The molecule has 3 N–H and O–H groups in total. The Balaban J connectivity index is 1.72. The average molecular weight is 309 g/mol. The first kappa shape index (κ1) is 12.6. The minimum Gasteiger partial charge on any atom is -0.271 e. The topological polar surface area (TPSA) is 38.0 Å². The van der Waals surface area contributed by atoms with Crippen molar-refractivity contribution in [1.29, 1.82) is 0 Å². The minimum absolute atomic E-state index is 0.282. The fourth-order valence-corrected chi connectivity index (χ4v) is 4.57. The Bertz CT molecular complexity index is 421. The van der Waals surface area contributed by atoms with Crippen LogP contribution in [0.25, 0.3) is 0 Å². The number of fused-ring (bicyclic) bond motifs is 2. The lowest BCUT2D eigenvalue weighted by Crippen LogP contribution is -2.31. The molecule has 1 aromatic carbocycles. The van der Waals surface area contributed by atoms with Crippen LogP contribution in [0.4, 0.5) is 0 Å². The molecule has 0 saturated heterocycles. The number of hydrogen-bond acceptors (Lipinski definition) is 2. The van der Waals surface area contributed by atoms with E-state index in [1.165, 1.54) is 37.7 Å². The maximum Gasteiger partial charge on any atom is 0.0473 e. The molecule has 0 heterocycles. The van der Waals surface area contributed by atoms with Crippen LogP contribution in [0.1, 0.15) is 43.7 Å². The summed E-state index contributed by atoms with van der Waals surface area (Å²) in [5, 5.41) is 0. The molecule has 0 aliphatic heterocycles. The van der Waals surface area contributed by atoms with Crippen LogP contribution in [-0.2, 0) is 0 Å². The molecule has 2 nitrogen and oxygen atoms in total. The van der Waals surface area contributed by atoms with E-state index in [0.29, 0.717) is 0 Å². The molecule has 0 aromatic heterocycles. The maximum atomic E-state index is 5.78. The van der Waals surface area contributed by atoms with Crippen molar-refractivity contribution in [1.82, 2.24) is 5.43 Å². The van der Waals surface area contributed by atoms with Gasteiger partial charge in [0.05, 0.1) is 0 Å². The van der Waals surface area contributed by atoms with Gasteiger partial charge < -0.3 is 0 Å². The van der Waals surface area contributed by atoms with E-state index in [1.54, 1.807) is 0 Å². The molecule has 3 rings (SSSR count). The zero-order chi connectivity index (χ0) is 12.5. The van der Waals surface area contributed by atoms with Gasteiger partial charge in [0.1, 0.15) is 0 Å². The molecule has 3 heteroatoms. The molecule has 4 atom stereocenters. The first-order chi connectivity index (χ1) is 8.78. The van der Waals surface area contributed by atoms with Crippen LogP contribution in [-0.4, -0.2) is 0 Å². The quantitative estimate of drug-likeness (QED) is 0.656. The van der Waals surface area contributed by atoms with Crippen LogP contribution in [0.15, 0.2) is 28.7 Å². The van der Waals surface area contributed by atoms with Gasteiger partial charge in [-0.1, -0.05) is 40.5 Å². The Morgan fingerprint density at radius 3 is 2.72 bits per heavy atom. The van der Waals surface area contributed by atoms with E-state index < -0.39 is 0 Å². The molecule has 2 aliphatic carbocycles. The van der Waals surface area contributed by atoms with Crippen molar-refractivity contribution in [3.63, 3.8) is 0 Å². The molecule has 0 amide bonds. The fraction of sp³-hybridized carbons (Fsp3) is 0.600. The summed E-state index contributed by atoms with van der Waals surface area (Å²) in [5.74, 6) is 8.63. The third kappa shape index (κ3) is 2.36. The summed E-state index contributed by atoms with van der Waals surface area (Å²) < 4.78 is 1.16. The summed E-state index contributed by atoms with van der Waals surface area (Å²) >= 11 is 3.63. The molecule has 2 bridgehead atoms. The van der Waals surface area contributed by atoms with E-state index in [9.17, 15) is 0 Å². The molecule has 98 valence electrons. The van der Waals surface area contributed by atoms with Gasteiger partial charge in [0.2, 0.25) is 0 Å². The van der Waals surface area contributed by atoms with E-state index in [0.717, 1.165) is 22.2 Å². The first-order valence-corrected chi connectivity index (χ1v) is 7.77. The van der Waals surface area contributed by atoms with Crippen molar-refractivity contribution < 1.29 is 0 Å². The van der Waals surface area contributed by atoms with Gasteiger partial charge in [-0.05, 0) is 55.1 Å². The van der Waals surface area contributed by atoms with E-state index >= 15 is 0 Å². The van der Waals surface area contributed by atoms with Crippen molar-refractivity contribution in [2.24, 2.45) is 23.6 Å². The number of rotatable bonds is 4. The molecule has 4 unspecified atom stereocenters. The Morgan fingerprint density at radius 1 is 1.28 bits per heavy atom. The van der Waals surface area contributed by atoms with Crippen LogP contribution in [0.3, 0.4) is 0 Å². The summed E-state index contributed by atoms with van der Waals surface area (Å²) in [7, 11) is 0. The van der Waals surface area contributed by atoms with Crippen molar-refractivity contribution in [2.45, 2.75) is 38.1 Å². The van der Waals surface area contributed by atoms with E-state index in [-0.39, 0.29) is 6.04 Å². The molecule has 2 aliphatic rings. The van der Waals surface area contributed by atoms with Gasteiger partial charge in [0.25, 0.3) is 0 Å². The lowest BCUT2D eigenvalue weighted by atomic mass is 9.83. The van der Waals surface area contributed by atoms with Gasteiger partial charge >= 0.3 is 0 Å². The average Bonchev–Trinajstić information content (AvgIpc) is 2.99. The van der Waals surface area contributed by atoms with Gasteiger partial charge in [-0.15, -0.1) is 0 Å². The number of benzene rings is 1. The number of nitrogens with two attached hydrogens (primary N) is 1. The lowest BCUT2D eigenvalue weighted by Gasteiger charge is -2.27. The molecule has 2 fully saturated rings. The molecule has 0 spiro atoms. The number of hydrazine groups is 1. The highest BCUT2D eigenvalue weighted by Gasteiger charge is 2.40. The van der Waals surface area contributed by atoms with Crippen LogP contribution < -0.4 is 11.3 Å². The van der Waals surface area contributed by atoms with Crippen molar-refractivity contribution in [3.8, 4) is 0 Å². The maximum absolute atomic E-state index is 5.78. The monoisotopic (exact) mass is 308 g/mol. The molecular weight excluding hydrogens is 288 g/mol. The highest BCUT2D eigenvalue weighted by molar-refractivity contribution is 9.10. The Labute approximate surface area is 117 Å². The minimum atomic E-state index is 0.282. The van der Waals surface area contributed by atoms with E-state index in [1.807, 2.05) is 0 Å². The van der Waals surface area contributed by atoms with Crippen molar-refractivity contribution in [2.75, 3.05) is 0 Å². The SMILES string of the molecule is NNC(CC1CC2CCC1C2)c1ccccc1Br. The largest absolute Gasteiger partial charge is 0.271 e. The molecule has 18 heavy (non-hydrogen) atoms. The summed E-state index contributed by atoms with van der Waals surface area (Å²) in [5.41, 5.74) is 4.31. The van der Waals surface area contributed by atoms with E-state index in [4.69, 9.17) is 5.84 Å². The molecule has 0 radical (unpaired) electrons.